The topological polar surface area (TPSA) is 41.1 Å². The van der Waals surface area contributed by atoms with Crippen LogP contribution >= 0.6 is 23.2 Å². The van der Waals surface area contributed by atoms with Crippen molar-refractivity contribution in [2.24, 2.45) is 11.8 Å². The molecular weight excluding hydrogens is 307 g/mol. The number of carbonyl (C=O) groups excluding carboxylic acids is 1. The molecule has 0 spiro atoms. The molecule has 0 aromatic heterocycles. The number of hydrogen-bond donors (Lipinski definition) is 2. The van der Waals surface area contributed by atoms with Gasteiger partial charge in [0.05, 0.1) is 10.0 Å². The summed E-state index contributed by atoms with van der Waals surface area (Å²) in [5, 5.41) is 7.35. The van der Waals surface area contributed by atoms with Gasteiger partial charge in [0.15, 0.2) is 0 Å². The van der Waals surface area contributed by atoms with Gasteiger partial charge in [-0.15, -0.1) is 0 Å². The molecule has 1 saturated heterocycles. The minimum atomic E-state index is -0.193. The minimum Gasteiger partial charge on any atom is -0.355 e. The van der Waals surface area contributed by atoms with E-state index in [4.69, 9.17) is 23.2 Å². The van der Waals surface area contributed by atoms with Gasteiger partial charge in [-0.2, -0.15) is 0 Å². The Bertz CT molecular complexity index is 527. The summed E-state index contributed by atoms with van der Waals surface area (Å²) >= 11 is 12.0. The van der Waals surface area contributed by atoms with E-state index < -0.39 is 0 Å². The number of amides is 1. The van der Waals surface area contributed by atoms with Crippen LogP contribution in [0.5, 0.6) is 0 Å². The molecule has 1 atom stereocenters. The standard InChI is InChI=1S/C16H22Cl2N2O/c1-10(11-7-19-8-11)15(21)20-9-16(2,3)12-4-5-13(17)14(18)6-12/h4-6,10-11,19H,7-9H2,1-3H3,(H,20,21). The maximum absolute atomic E-state index is 12.2. The highest BCUT2D eigenvalue weighted by Gasteiger charge is 2.30. The Morgan fingerprint density at radius 1 is 1.38 bits per heavy atom. The van der Waals surface area contributed by atoms with Crippen molar-refractivity contribution >= 4 is 29.1 Å². The molecular formula is C16H22Cl2N2O. The second-order valence-corrected chi connectivity index (χ2v) is 7.25. The molecule has 1 heterocycles. The van der Waals surface area contributed by atoms with E-state index in [2.05, 4.69) is 24.5 Å². The number of halogens is 2. The van der Waals surface area contributed by atoms with E-state index in [9.17, 15) is 4.79 Å². The van der Waals surface area contributed by atoms with Crippen molar-refractivity contribution < 1.29 is 4.79 Å². The van der Waals surface area contributed by atoms with Crippen molar-refractivity contribution in [1.29, 1.82) is 0 Å². The Balaban J connectivity index is 1.96. The number of benzene rings is 1. The van der Waals surface area contributed by atoms with Crippen LogP contribution in [-0.4, -0.2) is 25.5 Å². The maximum Gasteiger partial charge on any atom is 0.223 e. The van der Waals surface area contributed by atoms with Crippen LogP contribution in [-0.2, 0) is 10.2 Å². The molecule has 0 radical (unpaired) electrons. The third-order valence-corrected chi connectivity index (χ3v) is 5.08. The van der Waals surface area contributed by atoms with E-state index >= 15 is 0 Å². The fourth-order valence-corrected chi connectivity index (χ4v) is 2.66. The van der Waals surface area contributed by atoms with Crippen LogP contribution in [0.4, 0.5) is 0 Å². The molecule has 0 saturated carbocycles. The van der Waals surface area contributed by atoms with Gasteiger partial charge in [-0.3, -0.25) is 4.79 Å². The predicted octanol–water partition coefficient (Wildman–Crippen LogP) is 3.24. The monoisotopic (exact) mass is 328 g/mol. The third kappa shape index (κ3) is 3.91. The van der Waals surface area contributed by atoms with E-state index in [0.717, 1.165) is 18.7 Å². The Kier molecular flexibility index (Phi) is 5.18. The van der Waals surface area contributed by atoms with Crippen molar-refractivity contribution in [3.8, 4) is 0 Å². The lowest BCUT2D eigenvalue weighted by molar-refractivity contribution is -0.126. The molecule has 1 aliphatic rings. The molecule has 1 amide bonds. The van der Waals surface area contributed by atoms with Crippen LogP contribution in [0.25, 0.3) is 0 Å². The summed E-state index contributed by atoms with van der Waals surface area (Å²) in [6, 6.07) is 5.63. The zero-order chi connectivity index (χ0) is 15.6. The molecule has 0 aliphatic carbocycles. The largest absolute Gasteiger partial charge is 0.355 e. The Labute approximate surface area is 136 Å². The van der Waals surface area contributed by atoms with Gasteiger partial charge in [-0.05, 0) is 36.7 Å². The van der Waals surface area contributed by atoms with Crippen molar-refractivity contribution in [3.05, 3.63) is 33.8 Å². The average molecular weight is 329 g/mol. The van der Waals surface area contributed by atoms with E-state index in [1.54, 1.807) is 6.07 Å². The van der Waals surface area contributed by atoms with E-state index in [1.165, 1.54) is 0 Å². The summed E-state index contributed by atoms with van der Waals surface area (Å²) in [4.78, 5) is 12.2. The first-order chi connectivity index (χ1) is 9.81. The third-order valence-electron chi connectivity index (χ3n) is 4.34. The smallest absolute Gasteiger partial charge is 0.223 e. The minimum absolute atomic E-state index is 0.0517. The summed E-state index contributed by atoms with van der Waals surface area (Å²) in [6.07, 6.45) is 0. The first-order valence-corrected chi connectivity index (χ1v) is 8.01. The highest BCUT2D eigenvalue weighted by molar-refractivity contribution is 6.42. The lowest BCUT2D eigenvalue weighted by Gasteiger charge is -2.33. The van der Waals surface area contributed by atoms with E-state index in [-0.39, 0.29) is 17.2 Å². The van der Waals surface area contributed by atoms with Crippen LogP contribution in [0, 0.1) is 11.8 Å². The molecule has 0 bridgehead atoms. The average Bonchev–Trinajstić information content (AvgIpc) is 2.37. The van der Waals surface area contributed by atoms with Gasteiger partial charge in [0, 0.05) is 17.9 Å². The normalized spacial score (nSPS) is 17.2. The van der Waals surface area contributed by atoms with Crippen LogP contribution in [0.2, 0.25) is 10.0 Å². The van der Waals surface area contributed by atoms with Crippen LogP contribution in [0.1, 0.15) is 26.3 Å². The summed E-state index contributed by atoms with van der Waals surface area (Å²) in [7, 11) is 0. The van der Waals surface area contributed by atoms with Gasteiger partial charge < -0.3 is 10.6 Å². The molecule has 1 fully saturated rings. The van der Waals surface area contributed by atoms with Crippen LogP contribution < -0.4 is 10.6 Å². The van der Waals surface area contributed by atoms with Crippen LogP contribution in [0.15, 0.2) is 18.2 Å². The quantitative estimate of drug-likeness (QED) is 0.871. The number of rotatable bonds is 5. The van der Waals surface area contributed by atoms with Crippen molar-refractivity contribution in [2.75, 3.05) is 19.6 Å². The van der Waals surface area contributed by atoms with Gasteiger partial charge >= 0.3 is 0 Å². The summed E-state index contributed by atoms with van der Waals surface area (Å²) in [6.45, 7) is 8.61. The predicted molar refractivity (Wildman–Crippen MR) is 88.0 cm³/mol. The van der Waals surface area contributed by atoms with E-state index in [1.807, 2.05) is 19.1 Å². The highest BCUT2D eigenvalue weighted by atomic mass is 35.5. The van der Waals surface area contributed by atoms with Crippen molar-refractivity contribution in [1.82, 2.24) is 10.6 Å². The van der Waals surface area contributed by atoms with Gasteiger partial charge in [0.2, 0.25) is 5.91 Å². The lowest BCUT2D eigenvalue weighted by Crippen LogP contribution is -2.50. The van der Waals surface area contributed by atoms with Crippen molar-refractivity contribution in [3.63, 3.8) is 0 Å². The highest BCUT2D eigenvalue weighted by Crippen LogP contribution is 2.29. The van der Waals surface area contributed by atoms with Crippen LogP contribution in [0.3, 0.4) is 0 Å². The van der Waals surface area contributed by atoms with Gasteiger partial charge in [-0.1, -0.05) is 50.0 Å². The molecule has 1 aromatic rings. The fourth-order valence-electron chi connectivity index (χ4n) is 2.37. The molecule has 2 rings (SSSR count). The second kappa shape index (κ2) is 6.55. The van der Waals surface area contributed by atoms with Gasteiger partial charge in [0.1, 0.15) is 0 Å². The fraction of sp³-hybridized carbons (Fsp3) is 0.562. The second-order valence-electron chi connectivity index (χ2n) is 6.44. The van der Waals surface area contributed by atoms with Gasteiger partial charge in [0.25, 0.3) is 0 Å². The number of nitrogens with one attached hydrogen (secondary N) is 2. The molecule has 2 N–H and O–H groups in total. The summed E-state index contributed by atoms with van der Waals surface area (Å²) in [5.41, 5.74) is 0.872. The molecule has 116 valence electrons. The Morgan fingerprint density at radius 3 is 2.57 bits per heavy atom. The SMILES string of the molecule is CC(C(=O)NCC(C)(C)c1ccc(Cl)c(Cl)c1)C1CNC1. The number of carbonyl (C=O) groups is 1. The zero-order valence-electron chi connectivity index (χ0n) is 12.7. The molecule has 1 unspecified atom stereocenters. The Morgan fingerprint density at radius 2 is 2.05 bits per heavy atom. The summed E-state index contributed by atoms with van der Waals surface area (Å²) < 4.78 is 0. The lowest BCUT2D eigenvalue weighted by atomic mass is 9.83. The summed E-state index contributed by atoms with van der Waals surface area (Å²) in [5.74, 6) is 0.628. The molecule has 21 heavy (non-hydrogen) atoms. The molecule has 5 heteroatoms. The molecule has 1 aromatic carbocycles. The first-order valence-electron chi connectivity index (χ1n) is 7.25. The number of hydrogen-bond acceptors (Lipinski definition) is 2. The maximum atomic E-state index is 12.2. The molecule has 1 aliphatic heterocycles. The zero-order valence-corrected chi connectivity index (χ0v) is 14.2. The Hall–Kier alpha value is -0.770. The van der Waals surface area contributed by atoms with Crippen molar-refractivity contribution in [2.45, 2.75) is 26.2 Å². The molecule has 3 nitrogen and oxygen atoms in total. The van der Waals surface area contributed by atoms with E-state index in [0.29, 0.717) is 22.5 Å². The van der Waals surface area contributed by atoms with Gasteiger partial charge in [-0.25, -0.2) is 0 Å². The first kappa shape index (κ1) is 16.6.